The van der Waals surface area contributed by atoms with Crippen molar-refractivity contribution in [2.24, 2.45) is 28.6 Å². The number of hydrogen-bond donors (Lipinski definition) is 3. The van der Waals surface area contributed by atoms with Crippen LogP contribution < -0.4 is 0 Å². The summed E-state index contributed by atoms with van der Waals surface area (Å²) in [5.74, 6) is -4.88. The van der Waals surface area contributed by atoms with E-state index in [1.807, 2.05) is 6.92 Å². The summed E-state index contributed by atoms with van der Waals surface area (Å²) >= 11 is 0. The van der Waals surface area contributed by atoms with Crippen molar-refractivity contribution in [2.45, 2.75) is 57.4 Å². The highest BCUT2D eigenvalue weighted by Crippen LogP contribution is 2.74. The number of hydrogen-bond acceptors (Lipinski definition) is 8. The van der Waals surface area contributed by atoms with Gasteiger partial charge in [-0.3, -0.25) is 0 Å². The Morgan fingerprint density at radius 1 is 1.22 bits per heavy atom. The number of aliphatic hydroxyl groups excluding tert-OH is 2. The molecule has 3 N–H and O–H groups in total. The molecule has 148 valence electrons. The van der Waals surface area contributed by atoms with Crippen molar-refractivity contribution in [2.75, 3.05) is 6.61 Å². The summed E-state index contributed by atoms with van der Waals surface area (Å²) in [6.07, 6.45) is -2.14. The molecule has 3 aliphatic heterocycles. The van der Waals surface area contributed by atoms with E-state index in [0.717, 1.165) is 5.57 Å². The molecule has 2 aliphatic carbocycles. The van der Waals surface area contributed by atoms with Gasteiger partial charge in [-0.15, -0.1) is 0 Å². The Kier molecular flexibility index (Phi) is 3.21. The highest BCUT2D eigenvalue weighted by Gasteiger charge is 2.84. The molecule has 4 fully saturated rings. The number of ether oxygens (including phenoxy) is 3. The molecule has 8 heteroatoms. The van der Waals surface area contributed by atoms with Gasteiger partial charge in [0.2, 0.25) is 0 Å². The minimum absolute atomic E-state index is 0.0637. The Labute approximate surface area is 156 Å². The summed E-state index contributed by atoms with van der Waals surface area (Å²) < 4.78 is 16.9. The Balaban J connectivity index is 1.71. The maximum atomic E-state index is 12.3. The first-order valence-electron chi connectivity index (χ1n) is 9.39. The molecule has 2 saturated heterocycles. The van der Waals surface area contributed by atoms with Crippen molar-refractivity contribution >= 4 is 11.9 Å². The maximum absolute atomic E-state index is 12.3. The number of esters is 2. The molecular formula is C19H24O8. The first-order valence-corrected chi connectivity index (χ1v) is 9.39. The van der Waals surface area contributed by atoms with Crippen LogP contribution in [0.25, 0.3) is 0 Å². The zero-order valence-electron chi connectivity index (χ0n) is 15.4. The average molecular weight is 380 g/mol. The van der Waals surface area contributed by atoms with Crippen LogP contribution in [0.15, 0.2) is 11.6 Å². The predicted molar refractivity (Wildman–Crippen MR) is 87.7 cm³/mol. The van der Waals surface area contributed by atoms with Gasteiger partial charge in [0.15, 0.2) is 11.9 Å². The number of rotatable bonds is 1. The molecule has 0 amide bonds. The first kappa shape index (κ1) is 17.6. The minimum Gasteiger partial charge on any atom is -0.460 e. The summed E-state index contributed by atoms with van der Waals surface area (Å²) in [7, 11) is 0. The molecule has 10 unspecified atom stereocenters. The van der Waals surface area contributed by atoms with E-state index < -0.39 is 70.7 Å². The molecule has 0 radical (unpaired) electrons. The Hall–Kier alpha value is -1.48. The van der Waals surface area contributed by atoms with Crippen LogP contribution >= 0.6 is 0 Å². The van der Waals surface area contributed by atoms with Gasteiger partial charge in [-0.1, -0.05) is 13.8 Å². The molecular weight excluding hydrogens is 356 g/mol. The Bertz CT molecular complexity index is 778. The van der Waals surface area contributed by atoms with E-state index in [1.165, 1.54) is 6.08 Å². The molecule has 2 saturated carbocycles. The first-order chi connectivity index (χ1) is 12.6. The van der Waals surface area contributed by atoms with E-state index in [2.05, 4.69) is 0 Å². The van der Waals surface area contributed by atoms with Crippen LogP contribution in [-0.4, -0.2) is 64.1 Å². The van der Waals surface area contributed by atoms with Crippen molar-refractivity contribution < 1.29 is 39.1 Å². The fourth-order valence-corrected chi connectivity index (χ4v) is 7.19. The van der Waals surface area contributed by atoms with Crippen molar-refractivity contribution in [1.29, 1.82) is 0 Å². The number of carbonyl (C=O) groups is 2. The summed E-state index contributed by atoms with van der Waals surface area (Å²) in [5, 5.41) is 33.0. The topological polar surface area (TPSA) is 123 Å². The van der Waals surface area contributed by atoms with Gasteiger partial charge in [-0.05, 0) is 24.8 Å². The van der Waals surface area contributed by atoms with Crippen LogP contribution in [0.5, 0.6) is 0 Å². The second-order valence-corrected chi connectivity index (χ2v) is 9.20. The largest absolute Gasteiger partial charge is 0.460 e. The molecule has 10 atom stereocenters. The fourth-order valence-electron chi connectivity index (χ4n) is 7.19. The average Bonchev–Trinajstić information content (AvgIpc) is 3.17. The van der Waals surface area contributed by atoms with E-state index in [1.54, 1.807) is 13.8 Å². The van der Waals surface area contributed by atoms with Crippen LogP contribution in [0.4, 0.5) is 0 Å². The lowest BCUT2D eigenvalue weighted by Gasteiger charge is -2.56. The van der Waals surface area contributed by atoms with Gasteiger partial charge < -0.3 is 29.5 Å². The Morgan fingerprint density at radius 2 is 1.93 bits per heavy atom. The minimum atomic E-state index is -1.86. The van der Waals surface area contributed by atoms with E-state index in [4.69, 9.17) is 14.2 Å². The third-order valence-electron chi connectivity index (χ3n) is 7.93. The molecule has 27 heavy (non-hydrogen) atoms. The van der Waals surface area contributed by atoms with Crippen LogP contribution in [0.1, 0.15) is 27.2 Å². The number of cyclic esters (lactones) is 1. The molecule has 1 spiro atoms. The van der Waals surface area contributed by atoms with Crippen LogP contribution in [0, 0.1) is 28.6 Å². The van der Waals surface area contributed by atoms with Crippen LogP contribution in [0.3, 0.4) is 0 Å². The number of carbonyl (C=O) groups excluding carboxylic acids is 2. The normalized spacial score (nSPS) is 58.6. The van der Waals surface area contributed by atoms with Crippen molar-refractivity contribution in [3.8, 4) is 0 Å². The van der Waals surface area contributed by atoms with Crippen molar-refractivity contribution in [3.63, 3.8) is 0 Å². The van der Waals surface area contributed by atoms with Gasteiger partial charge in [0, 0.05) is 28.7 Å². The second-order valence-electron chi connectivity index (χ2n) is 9.20. The van der Waals surface area contributed by atoms with Gasteiger partial charge >= 0.3 is 11.9 Å². The zero-order valence-corrected chi connectivity index (χ0v) is 15.4. The van der Waals surface area contributed by atoms with Gasteiger partial charge in [0.25, 0.3) is 0 Å². The lowest BCUT2D eigenvalue weighted by Crippen LogP contribution is -2.69. The van der Waals surface area contributed by atoms with Crippen molar-refractivity contribution in [1.82, 2.24) is 0 Å². The number of aliphatic hydroxyl groups is 3. The summed E-state index contributed by atoms with van der Waals surface area (Å²) in [5.41, 5.74) is -0.950. The lowest BCUT2D eigenvalue weighted by molar-refractivity contribution is -0.304. The summed E-state index contributed by atoms with van der Waals surface area (Å²) in [6, 6.07) is 0. The van der Waals surface area contributed by atoms with Crippen LogP contribution in [-0.2, 0) is 23.8 Å². The molecule has 0 aromatic carbocycles. The van der Waals surface area contributed by atoms with E-state index in [9.17, 15) is 24.9 Å². The zero-order chi connectivity index (χ0) is 19.5. The van der Waals surface area contributed by atoms with Gasteiger partial charge in [-0.25, -0.2) is 9.59 Å². The molecule has 0 aromatic rings. The second kappa shape index (κ2) is 4.92. The van der Waals surface area contributed by atoms with E-state index in [-0.39, 0.29) is 6.61 Å². The monoisotopic (exact) mass is 380 g/mol. The Morgan fingerprint density at radius 3 is 2.56 bits per heavy atom. The maximum Gasteiger partial charge on any atom is 0.335 e. The molecule has 2 bridgehead atoms. The van der Waals surface area contributed by atoms with Crippen LogP contribution in [0.2, 0.25) is 0 Å². The standard InChI is InChI=1S/C19H24O8/c1-7-4-10(20)27-14(7)17(3)5-9-18-6-25-19(24,16(17)18)13(22)8(2)11(18)12(21)15(23)26-9/h4,8-9,11-14,16,21-22,24H,5-6H2,1-3H3. The molecule has 3 heterocycles. The van der Waals surface area contributed by atoms with Gasteiger partial charge in [0.05, 0.1) is 6.61 Å². The summed E-state index contributed by atoms with van der Waals surface area (Å²) in [6.45, 7) is 5.43. The SMILES string of the molecule is CC1=CC(=O)OC1C1(C)CC2OC(=O)C(O)C3C(C)C(O)C4(O)OCC23C14. The smallest absolute Gasteiger partial charge is 0.335 e. The van der Waals surface area contributed by atoms with Crippen molar-refractivity contribution in [3.05, 3.63) is 11.6 Å². The molecule has 0 aromatic heterocycles. The van der Waals surface area contributed by atoms with Gasteiger partial charge in [0.1, 0.15) is 18.3 Å². The summed E-state index contributed by atoms with van der Waals surface area (Å²) in [4.78, 5) is 24.2. The highest BCUT2D eigenvalue weighted by atomic mass is 16.7. The molecule has 5 rings (SSSR count). The molecule has 5 aliphatic rings. The third kappa shape index (κ3) is 1.74. The predicted octanol–water partition coefficient (Wildman–Crippen LogP) is -0.497. The van der Waals surface area contributed by atoms with Gasteiger partial charge in [-0.2, -0.15) is 0 Å². The highest BCUT2D eigenvalue weighted by molar-refractivity contribution is 5.86. The fraction of sp³-hybridized carbons (Fsp3) is 0.789. The lowest BCUT2D eigenvalue weighted by atomic mass is 9.50. The quantitative estimate of drug-likeness (QED) is 0.521. The van der Waals surface area contributed by atoms with E-state index >= 15 is 0 Å². The molecule has 8 nitrogen and oxygen atoms in total. The third-order valence-corrected chi connectivity index (χ3v) is 7.93. The van der Waals surface area contributed by atoms with E-state index in [0.29, 0.717) is 6.42 Å².